The van der Waals surface area contributed by atoms with Gasteiger partial charge in [-0.2, -0.15) is 0 Å². The maximum atomic E-state index is 13.5. The molecule has 196 valence electrons. The Balaban J connectivity index is 1.44. The van der Waals surface area contributed by atoms with Crippen molar-refractivity contribution in [3.05, 3.63) is 96.1 Å². The normalized spacial score (nSPS) is 16.9. The highest BCUT2D eigenvalue weighted by Gasteiger charge is 2.38. The zero-order chi connectivity index (χ0) is 27.1. The highest BCUT2D eigenvalue weighted by molar-refractivity contribution is 5.98. The topological polar surface area (TPSA) is 112 Å². The molecule has 0 bridgehead atoms. The average Bonchev–Trinajstić information content (AvgIpc) is 3.35. The molecule has 0 spiro atoms. The summed E-state index contributed by atoms with van der Waals surface area (Å²) < 4.78 is 32.3. The van der Waals surface area contributed by atoms with Crippen molar-refractivity contribution < 1.29 is 23.1 Å². The van der Waals surface area contributed by atoms with Crippen LogP contribution >= 0.6 is 0 Å². The van der Waals surface area contributed by atoms with Crippen LogP contribution in [0.5, 0.6) is 11.5 Å². The van der Waals surface area contributed by atoms with Crippen LogP contribution < -0.4 is 15.9 Å². The van der Waals surface area contributed by atoms with Gasteiger partial charge in [0, 0.05) is 12.2 Å². The first-order chi connectivity index (χ1) is 18.3. The molecule has 1 aliphatic rings. The number of amides is 2. The summed E-state index contributed by atoms with van der Waals surface area (Å²) in [5, 5.41) is 11.0. The highest BCUT2D eigenvalue weighted by atomic mass is 19.1. The van der Waals surface area contributed by atoms with E-state index in [2.05, 4.69) is 5.32 Å². The molecule has 8 nitrogen and oxygen atoms in total. The van der Waals surface area contributed by atoms with Crippen molar-refractivity contribution in [1.29, 1.82) is 5.41 Å². The molecule has 1 aliphatic heterocycles. The number of hydrazine groups is 1. The maximum absolute atomic E-state index is 13.5. The standard InChI is InChI=1S/C28H27F2N5O3/c29-21-6-10-24(11-7-21)38-25-12-8-23(9-13-25)33-28(37)26-15-20(5-4-19-2-1-3-22(30)14-19)16-35(26)27(36)17-34(32)18-31/h1-14,18,20,26,31H,15-17,32H2,(H,33,37). The minimum absolute atomic E-state index is 0.143. The third-order valence-electron chi connectivity index (χ3n) is 6.02. The molecule has 4 rings (SSSR count). The Kier molecular flexibility index (Phi) is 8.44. The van der Waals surface area contributed by atoms with Gasteiger partial charge in [-0.25, -0.2) is 14.6 Å². The number of carbonyl (C=O) groups is 2. The summed E-state index contributed by atoms with van der Waals surface area (Å²) in [6.07, 6.45) is 4.83. The summed E-state index contributed by atoms with van der Waals surface area (Å²) >= 11 is 0. The lowest BCUT2D eigenvalue weighted by Crippen LogP contribution is -2.48. The fraction of sp³-hybridized carbons (Fsp3) is 0.179. The van der Waals surface area contributed by atoms with Crippen molar-refractivity contribution in [3.63, 3.8) is 0 Å². The monoisotopic (exact) mass is 519 g/mol. The van der Waals surface area contributed by atoms with Gasteiger partial charge in [0.05, 0.1) is 6.34 Å². The Morgan fingerprint density at radius 3 is 2.39 bits per heavy atom. The van der Waals surface area contributed by atoms with Gasteiger partial charge >= 0.3 is 0 Å². The third-order valence-corrected chi connectivity index (χ3v) is 6.02. The van der Waals surface area contributed by atoms with Crippen LogP contribution in [0.25, 0.3) is 6.08 Å². The summed E-state index contributed by atoms with van der Waals surface area (Å²) in [7, 11) is 0. The Morgan fingerprint density at radius 1 is 1.05 bits per heavy atom. The van der Waals surface area contributed by atoms with E-state index in [1.807, 2.05) is 6.08 Å². The molecule has 3 aromatic rings. The lowest BCUT2D eigenvalue weighted by Gasteiger charge is -2.25. The molecule has 1 fully saturated rings. The summed E-state index contributed by atoms with van der Waals surface area (Å²) in [5.41, 5.74) is 1.18. The number of anilines is 1. The molecule has 4 N–H and O–H groups in total. The molecule has 0 aliphatic carbocycles. The molecule has 2 atom stereocenters. The van der Waals surface area contributed by atoms with Crippen LogP contribution in [0.2, 0.25) is 0 Å². The summed E-state index contributed by atoms with van der Waals surface area (Å²) in [4.78, 5) is 27.6. The minimum Gasteiger partial charge on any atom is -0.457 e. The molecule has 3 aromatic carbocycles. The Hall–Kier alpha value is -4.57. The van der Waals surface area contributed by atoms with Gasteiger partial charge in [0.15, 0.2) is 0 Å². The van der Waals surface area contributed by atoms with E-state index in [0.29, 0.717) is 29.2 Å². The number of nitrogens with one attached hydrogen (secondary N) is 2. The first kappa shape index (κ1) is 26.5. The Bertz CT molecular complexity index is 1310. The number of halogens is 2. The maximum Gasteiger partial charge on any atom is 0.247 e. The van der Waals surface area contributed by atoms with Crippen LogP contribution in [0.15, 0.2) is 78.9 Å². The van der Waals surface area contributed by atoms with Crippen molar-refractivity contribution >= 4 is 29.9 Å². The zero-order valence-electron chi connectivity index (χ0n) is 20.4. The van der Waals surface area contributed by atoms with Crippen molar-refractivity contribution in [2.75, 3.05) is 18.4 Å². The van der Waals surface area contributed by atoms with Crippen LogP contribution in [0.3, 0.4) is 0 Å². The molecule has 2 amide bonds. The molecule has 0 aromatic heterocycles. The second-order valence-electron chi connectivity index (χ2n) is 8.84. The first-order valence-electron chi connectivity index (χ1n) is 11.9. The van der Waals surface area contributed by atoms with Gasteiger partial charge in [0.1, 0.15) is 35.7 Å². The second kappa shape index (κ2) is 12.1. The lowest BCUT2D eigenvalue weighted by atomic mass is 10.0. The van der Waals surface area contributed by atoms with E-state index in [0.717, 1.165) is 11.3 Å². The second-order valence-corrected chi connectivity index (χ2v) is 8.84. The van der Waals surface area contributed by atoms with Crippen molar-refractivity contribution in [3.8, 4) is 11.5 Å². The van der Waals surface area contributed by atoms with Crippen LogP contribution in [0.4, 0.5) is 14.5 Å². The van der Waals surface area contributed by atoms with Crippen molar-refractivity contribution in [1.82, 2.24) is 9.91 Å². The Labute approximate surface area is 218 Å². The number of carbonyl (C=O) groups excluding carboxylic acids is 2. The third kappa shape index (κ3) is 7.01. The number of nitrogens with two attached hydrogens (primary N) is 1. The van der Waals surface area contributed by atoms with Crippen LogP contribution in [0, 0.1) is 23.0 Å². The molecule has 2 unspecified atom stereocenters. The van der Waals surface area contributed by atoms with Gasteiger partial charge in [0.2, 0.25) is 11.8 Å². The van der Waals surface area contributed by atoms with Crippen LogP contribution in [-0.2, 0) is 9.59 Å². The van der Waals surface area contributed by atoms with E-state index in [1.165, 1.54) is 41.3 Å². The number of rotatable bonds is 9. The fourth-order valence-corrected chi connectivity index (χ4v) is 4.15. The number of benzene rings is 3. The number of hydrogen-bond acceptors (Lipinski definition) is 5. The van der Waals surface area contributed by atoms with Gasteiger partial charge in [0.25, 0.3) is 0 Å². The molecular formula is C28H27F2N5O3. The lowest BCUT2D eigenvalue weighted by molar-refractivity contribution is -0.136. The van der Waals surface area contributed by atoms with Gasteiger partial charge in [-0.15, -0.1) is 0 Å². The van der Waals surface area contributed by atoms with Gasteiger partial charge < -0.3 is 15.0 Å². The molecule has 1 heterocycles. The molecule has 0 saturated carbocycles. The van der Waals surface area contributed by atoms with Crippen molar-refractivity contribution in [2.45, 2.75) is 12.5 Å². The largest absolute Gasteiger partial charge is 0.457 e. The molecular weight excluding hydrogens is 492 g/mol. The van der Waals surface area contributed by atoms with E-state index in [4.69, 9.17) is 16.0 Å². The van der Waals surface area contributed by atoms with Crippen LogP contribution in [-0.4, -0.2) is 47.2 Å². The van der Waals surface area contributed by atoms with E-state index in [9.17, 15) is 18.4 Å². The zero-order valence-corrected chi connectivity index (χ0v) is 20.4. The van der Waals surface area contributed by atoms with E-state index >= 15 is 0 Å². The van der Waals surface area contributed by atoms with E-state index in [-0.39, 0.29) is 42.5 Å². The smallest absolute Gasteiger partial charge is 0.247 e. The predicted molar refractivity (Wildman–Crippen MR) is 140 cm³/mol. The fourth-order valence-electron chi connectivity index (χ4n) is 4.15. The average molecular weight is 520 g/mol. The molecule has 0 radical (unpaired) electrons. The SMILES string of the molecule is N=CN(N)CC(=O)N1CC(C=Cc2cccc(F)c2)CC1C(=O)Nc1ccc(Oc2ccc(F)cc2)cc1. The number of nitrogens with zero attached hydrogens (tertiary/aromatic N) is 2. The van der Waals surface area contributed by atoms with Gasteiger partial charge in [-0.3, -0.25) is 20.0 Å². The van der Waals surface area contributed by atoms with Gasteiger partial charge in [-0.05, 0) is 78.6 Å². The predicted octanol–water partition coefficient (Wildman–Crippen LogP) is 4.41. The van der Waals surface area contributed by atoms with E-state index < -0.39 is 6.04 Å². The highest BCUT2D eigenvalue weighted by Crippen LogP contribution is 2.28. The molecule has 38 heavy (non-hydrogen) atoms. The van der Waals surface area contributed by atoms with Crippen LogP contribution in [0.1, 0.15) is 12.0 Å². The first-order valence-corrected chi connectivity index (χ1v) is 11.9. The van der Waals surface area contributed by atoms with Crippen molar-refractivity contribution in [2.24, 2.45) is 11.8 Å². The summed E-state index contributed by atoms with van der Waals surface area (Å²) in [5.74, 6) is 4.97. The summed E-state index contributed by atoms with van der Waals surface area (Å²) in [6.45, 7) is 0.0298. The number of ether oxygens (including phenoxy) is 1. The Morgan fingerprint density at radius 2 is 1.74 bits per heavy atom. The number of hydrogen-bond donors (Lipinski definition) is 3. The summed E-state index contributed by atoms with van der Waals surface area (Å²) in [6, 6.07) is 17.6. The minimum atomic E-state index is -0.765. The van der Waals surface area contributed by atoms with E-state index in [1.54, 1.807) is 42.5 Å². The van der Waals surface area contributed by atoms with Gasteiger partial charge in [-0.1, -0.05) is 24.3 Å². The number of likely N-dealkylation sites (tertiary alicyclic amines) is 1. The molecule has 1 saturated heterocycles. The quantitative estimate of drug-likeness (QED) is 0.168. The molecule has 10 heteroatoms.